The molecule has 0 spiro atoms. The van der Waals surface area contributed by atoms with Crippen LogP contribution in [0, 0.1) is 5.92 Å². The molecule has 0 bridgehead atoms. The lowest BCUT2D eigenvalue weighted by Crippen LogP contribution is -2.36. The zero-order valence-electron chi connectivity index (χ0n) is 11.5. The Kier molecular flexibility index (Phi) is 5.72. The largest absolute Gasteiger partial charge is 0.492 e. The summed E-state index contributed by atoms with van der Waals surface area (Å²) in [6.07, 6.45) is 4.13. The van der Waals surface area contributed by atoms with Crippen LogP contribution in [0.5, 0.6) is 5.75 Å². The van der Waals surface area contributed by atoms with E-state index in [-0.39, 0.29) is 0 Å². The average molecular weight is 391 g/mol. The van der Waals surface area contributed by atoms with Crippen molar-refractivity contribution in [3.63, 3.8) is 0 Å². The lowest BCUT2D eigenvalue weighted by molar-refractivity contribution is 0.239. The number of halogens is 2. The van der Waals surface area contributed by atoms with Crippen molar-refractivity contribution in [2.24, 2.45) is 5.92 Å². The van der Waals surface area contributed by atoms with E-state index in [1.165, 1.54) is 24.8 Å². The van der Waals surface area contributed by atoms with Crippen LogP contribution in [0.25, 0.3) is 0 Å². The second-order valence-electron chi connectivity index (χ2n) is 5.17. The first kappa shape index (κ1) is 15.3. The fourth-order valence-electron chi connectivity index (χ4n) is 2.43. The van der Waals surface area contributed by atoms with Crippen molar-refractivity contribution in [2.75, 3.05) is 6.61 Å². The van der Waals surface area contributed by atoms with Crippen molar-refractivity contribution in [1.29, 1.82) is 0 Å². The van der Waals surface area contributed by atoms with Crippen LogP contribution >= 0.6 is 31.9 Å². The highest BCUT2D eigenvalue weighted by molar-refractivity contribution is 9.11. The second kappa shape index (κ2) is 7.09. The molecule has 0 saturated heterocycles. The summed E-state index contributed by atoms with van der Waals surface area (Å²) in [6.45, 7) is 5.84. The second-order valence-corrected chi connectivity index (χ2v) is 6.94. The highest BCUT2D eigenvalue weighted by atomic mass is 79.9. The molecule has 1 aliphatic carbocycles. The number of benzene rings is 1. The lowest BCUT2D eigenvalue weighted by atomic mass is 9.80. The third-order valence-electron chi connectivity index (χ3n) is 3.85. The van der Waals surface area contributed by atoms with Crippen molar-refractivity contribution in [2.45, 2.75) is 45.7 Å². The third-order valence-corrected chi connectivity index (χ3v) is 4.89. The van der Waals surface area contributed by atoms with Crippen molar-refractivity contribution in [1.82, 2.24) is 5.32 Å². The van der Waals surface area contributed by atoms with Crippen LogP contribution in [-0.4, -0.2) is 12.6 Å². The summed E-state index contributed by atoms with van der Waals surface area (Å²) in [7, 11) is 0. The molecule has 1 fully saturated rings. The Morgan fingerprint density at radius 3 is 2.68 bits per heavy atom. The van der Waals surface area contributed by atoms with E-state index in [0.717, 1.165) is 27.2 Å². The average Bonchev–Trinajstić information content (AvgIpc) is 2.28. The third kappa shape index (κ3) is 3.96. The van der Waals surface area contributed by atoms with Gasteiger partial charge < -0.3 is 10.1 Å². The van der Waals surface area contributed by atoms with Gasteiger partial charge in [-0.25, -0.2) is 0 Å². The van der Waals surface area contributed by atoms with Gasteiger partial charge in [0, 0.05) is 22.6 Å². The first-order valence-corrected chi connectivity index (χ1v) is 8.54. The van der Waals surface area contributed by atoms with Crippen LogP contribution < -0.4 is 10.1 Å². The number of ether oxygens (including phenoxy) is 1. The van der Waals surface area contributed by atoms with E-state index >= 15 is 0 Å². The maximum absolute atomic E-state index is 5.75. The Morgan fingerprint density at radius 1 is 1.37 bits per heavy atom. The van der Waals surface area contributed by atoms with E-state index in [9.17, 15) is 0 Å². The molecule has 1 saturated carbocycles. The van der Waals surface area contributed by atoms with Gasteiger partial charge in [-0.3, -0.25) is 0 Å². The van der Waals surface area contributed by atoms with E-state index in [1.54, 1.807) is 0 Å². The number of rotatable bonds is 6. The summed E-state index contributed by atoms with van der Waals surface area (Å²) < 4.78 is 7.84. The highest BCUT2D eigenvalue weighted by Gasteiger charge is 2.23. The molecule has 106 valence electrons. The Balaban J connectivity index is 2.04. The Bertz CT molecular complexity index is 432. The van der Waals surface area contributed by atoms with Crippen LogP contribution in [0.15, 0.2) is 21.1 Å². The van der Waals surface area contributed by atoms with Crippen LogP contribution in [0.3, 0.4) is 0 Å². The number of nitrogens with one attached hydrogen (secondary N) is 1. The Labute approximate surface area is 132 Å². The topological polar surface area (TPSA) is 21.3 Å². The minimum absolute atomic E-state index is 0.584. The molecular formula is C15H21Br2NO. The Morgan fingerprint density at radius 2 is 2.11 bits per heavy atom. The van der Waals surface area contributed by atoms with E-state index in [2.05, 4.69) is 50.2 Å². The van der Waals surface area contributed by atoms with Crippen LogP contribution in [0.2, 0.25) is 0 Å². The summed E-state index contributed by atoms with van der Waals surface area (Å²) in [5.74, 6) is 1.81. The van der Waals surface area contributed by atoms with Crippen molar-refractivity contribution >= 4 is 31.9 Å². The molecule has 1 atom stereocenters. The van der Waals surface area contributed by atoms with Crippen LogP contribution in [0.1, 0.15) is 38.7 Å². The van der Waals surface area contributed by atoms with Gasteiger partial charge in [0.15, 0.2) is 0 Å². The van der Waals surface area contributed by atoms with Crippen molar-refractivity contribution in [3.8, 4) is 5.75 Å². The number of hydrogen-bond donors (Lipinski definition) is 1. The molecule has 0 radical (unpaired) electrons. The summed E-state index contributed by atoms with van der Waals surface area (Å²) in [4.78, 5) is 0. The molecule has 2 rings (SSSR count). The number of hydrogen-bond acceptors (Lipinski definition) is 2. The molecular weight excluding hydrogens is 370 g/mol. The predicted molar refractivity (Wildman–Crippen MR) is 86.7 cm³/mol. The minimum Gasteiger partial charge on any atom is -0.492 e. The van der Waals surface area contributed by atoms with E-state index in [4.69, 9.17) is 4.74 Å². The summed E-state index contributed by atoms with van der Waals surface area (Å²) in [5, 5.41) is 3.63. The molecule has 1 aliphatic rings. The lowest BCUT2D eigenvalue weighted by Gasteiger charge is -2.32. The highest BCUT2D eigenvalue weighted by Crippen LogP contribution is 2.34. The smallest absolute Gasteiger partial charge is 0.138 e. The van der Waals surface area contributed by atoms with E-state index in [1.807, 2.05) is 13.0 Å². The molecule has 0 aliphatic heterocycles. The SMILES string of the molecule is CCOc1c(Br)cc(Br)cc1CNC(C)C1CCC1. The predicted octanol–water partition coefficient (Wildman–Crippen LogP) is 4.89. The minimum atomic E-state index is 0.584. The first-order chi connectivity index (χ1) is 9.11. The summed E-state index contributed by atoms with van der Waals surface area (Å²) in [6, 6.07) is 4.75. The summed E-state index contributed by atoms with van der Waals surface area (Å²) >= 11 is 7.12. The van der Waals surface area contributed by atoms with Gasteiger partial charge in [0.25, 0.3) is 0 Å². The normalized spacial score (nSPS) is 17.1. The maximum atomic E-state index is 5.75. The zero-order chi connectivity index (χ0) is 13.8. The fraction of sp³-hybridized carbons (Fsp3) is 0.600. The molecule has 1 N–H and O–H groups in total. The molecule has 0 amide bonds. The maximum Gasteiger partial charge on any atom is 0.138 e. The summed E-state index contributed by atoms with van der Waals surface area (Å²) in [5.41, 5.74) is 1.20. The van der Waals surface area contributed by atoms with Gasteiger partial charge in [-0.05, 0) is 60.7 Å². The quantitative estimate of drug-likeness (QED) is 0.746. The molecule has 0 heterocycles. The van der Waals surface area contributed by atoms with E-state index in [0.29, 0.717) is 12.6 Å². The van der Waals surface area contributed by atoms with Crippen molar-refractivity contribution in [3.05, 3.63) is 26.6 Å². The van der Waals surface area contributed by atoms with Gasteiger partial charge in [0.2, 0.25) is 0 Å². The molecule has 2 nitrogen and oxygen atoms in total. The van der Waals surface area contributed by atoms with Crippen LogP contribution in [-0.2, 0) is 6.54 Å². The van der Waals surface area contributed by atoms with Gasteiger partial charge >= 0.3 is 0 Å². The zero-order valence-corrected chi connectivity index (χ0v) is 14.7. The van der Waals surface area contributed by atoms with Gasteiger partial charge in [-0.2, -0.15) is 0 Å². The molecule has 1 aromatic rings. The van der Waals surface area contributed by atoms with Gasteiger partial charge in [-0.1, -0.05) is 22.4 Å². The molecule has 4 heteroatoms. The van der Waals surface area contributed by atoms with Gasteiger partial charge in [0.1, 0.15) is 5.75 Å². The first-order valence-electron chi connectivity index (χ1n) is 6.96. The molecule has 19 heavy (non-hydrogen) atoms. The monoisotopic (exact) mass is 389 g/mol. The standard InChI is InChI=1S/C15H21Br2NO/c1-3-19-15-12(7-13(16)8-14(15)17)9-18-10(2)11-5-4-6-11/h7-8,10-11,18H,3-6,9H2,1-2H3. The Hall–Kier alpha value is -0.0600. The van der Waals surface area contributed by atoms with Crippen LogP contribution in [0.4, 0.5) is 0 Å². The van der Waals surface area contributed by atoms with E-state index < -0.39 is 0 Å². The fourth-order valence-corrected chi connectivity index (χ4v) is 3.86. The van der Waals surface area contributed by atoms with Gasteiger partial charge in [0.05, 0.1) is 11.1 Å². The van der Waals surface area contributed by atoms with Crippen molar-refractivity contribution < 1.29 is 4.74 Å². The molecule has 1 unspecified atom stereocenters. The molecule has 1 aromatic carbocycles. The van der Waals surface area contributed by atoms with Gasteiger partial charge in [-0.15, -0.1) is 0 Å². The molecule has 0 aromatic heterocycles.